The van der Waals surface area contributed by atoms with Crippen LogP contribution in [-0.4, -0.2) is 11.0 Å². The number of nitrogens with zero attached hydrogens (tertiary/aromatic N) is 1. The maximum Gasteiger partial charge on any atom is 0.327 e. The lowest BCUT2D eigenvalue weighted by Gasteiger charge is -2.08. The summed E-state index contributed by atoms with van der Waals surface area (Å²) in [5, 5.41) is 7.33. The molecule has 2 N–H and O–H groups in total. The number of nitrogens with one attached hydrogen (secondary N) is 2. The summed E-state index contributed by atoms with van der Waals surface area (Å²) in [6.07, 6.45) is 2.86. The SMILES string of the molecule is O=C(Nc1ncco1)Nc1cccc2ccccc12. The van der Waals surface area contributed by atoms with Crippen LogP contribution in [0.1, 0.15) is 0 Å². The van der Waals surface area contributed by atoms with Gasteiger partial charge in [-0.25, -0.2) is 9.78 Å². The summed E-state index contributed by atoms with van der Waals surface area (Å²) in [5.41, 5.74) is 0.738. The van der Waals surface area contributed by atoms with Gasteiger partial charge in [0.15, 0.2) is 0 Å². The monoisotopic (exact) mass is 253 g/mol. The van der Waals surface area contributed by atoms with Crippen LogP contribution in [0.25, 0.3) is 10.8 Å². The molecule has 94 valence electrons. The Balaban J connectivity index is 1.83. The highest BCUT2D eigenvalue weighted by molar-refractivity contribution is 6.05. The third-order valence-electron chi connectivity index (χ3n) is 2.69. The van der Waals surface area contributed by atoms with Crippen molar-refractivity contribution in [3.8, 4) is 0 Å². The van der Waals surface area contributed by atoms with E-state index in [0.717, 1.165) is 16.5 Å². The Bertz CT molecular complexity index is 702. The molecule has 0 radical (unpaired) electrons. The van der Waals surface area contributed by atoms with E-state index < -0.39 is 0 Å². The van der Waals surface area contributed by atoms with Gasteiger partial charge < -0.3 is 9.73 Å². The van der Waals surface area contributed by atoms with Crippen LogP contribution in [0.15, 0.2) is 59.3 Å². The summed E-state index contributed by atoms with van der Waals surface area (Å²) >= 11 is 0. The van der Waals surface area contributed by atoms with Crippen LogP contribution in [0, 0.1) is 0 Å². The number of urea groups is 1. The van der Waals surface area contributed by atoms with Crippen LogP contribution in [0.5, 0.6) is 0 Å². The fourth-order valence-electron chi connectivity index (χ4n) is 1.87. The number of hydrogen-bond donors (Lipinski definition) is 2. The normalized spacial score (nSPS) is 10.3. The van der Waals surface area contributed by atoms with E-state index in [-0.39, 0.29) is 12.0 Å². The molecule has 2 amide bonds. The quantitative estimate of drug-likeness (QED) is 0.734. The standard InChI is InChI=1S/C14H11N3O2/c18-13(17-14-15-8-9-19-14)16-12-7-3-5-10-4-1-2-6-11(10)12/h1-9H,(H2,15,16,17,18). The van der Waals surface area contributed by atoms with Crippen molar-refractivity contribution in [2.24, 2.45) is 0 Å². The molecule has 0 aliphatic carbocycles. The number of rotatable bonds is 2. The predicted molar refractivity (Wildman–Crippen MR) is 73.1 cm³/mol. The van der Waals surface area contributed by atoms with Crippen molar-refractivity contribution in [3.05, 3.63) is 54.9 Å². The van der Waals surface area contributed by atoms with Crippen LogP contribution in [0.4, 0.5) is 16.5 Å². The summed E-state index contributed by atoms with van der Waals surface area (Å²) in [5.74, 6) is 0. The fraction of sp³-hybridized carbons (Fsp3) is 0. The molecule has 1 heterocycles. The van der Waals surface area contributed by atoms with Gasteiger partial charge in [-0.05, 0) is 11.5 Å². The molecule has 0 unspecified atom stereocenters. The Hall–Kier alpha value is -2.82. The van der Waals surface area contributed by atoms with Crippen molar-refractivity contribution in [1.29, 1.82) is 0 Å². The minimum Gasteiger partial charge on any atom is -0.432 e. The van der Waals surface area contributed by atoms with E-state index in [2.05, 4.69) is 15.6 Å². The molecule has 0 fully saturated rings. The first-order chi connectivity index (χ1) is 9.33. The lowest BCUT2D eigenvalue weighted by atomic mass is 10.1. The molecule has 2 aromatic carbocycles. The highest BCUT2D eigenvalue weighted by Gasteiger charge is 2.07. The third kappa shape index (κ3) is 2.40. The van der Waals surface area contributed by atoms with E-state index in [9.17, 15) is 4.79 Å². The van der Waals surface area contributed by atoms with Crippen LogP contribution in [0.3, 0.4) is 0 Å². The zero-order valence-electron chi connectivity index (χ0n) is 9.96. The Labute approximate surface area is 109 Å². The van der Waals surface area contributed by atoms with Gasteiger partial charge >= 0.3 is 12.0 Å². The molecule has 0 aliphatic rings. The first-order valence-electron chi connectivity index (χ1n) is 5.78. The summed E-state index contributed by atoms with van der Waals surface area (Å²) in [4.78, 5) is 15.6. The minimum atomic E-state index is -0.390. The minimum absolute atomic E-state index is 0.165. The van der Waals surface area contributed by atoms with E-state index >= 15 is 0 Å². The van der Waals surface area contributed by atoms with Gasteiger partial charge in [0.05, 0.1) is 11.9 Å². The first kappa shape index (κ1) is 11.3. The second-order valence-corrected chi connectivity index (χ2v) is 3.94. The van der Waals surface area contributed by atoms with E-state index in [1.54, 1.807) is 0 Å². The van der Waals surface area contributed by atoms with Gasteiger partial charge in [0, 0.05) is 5.39 Å². The molecule has 1 aromatic heterocycles. The summed E-state index contributed by atoms with van der Waals surface area (Å²) in [7, 11) is 0. The maximum absolute atomic E-state index is 11.8. The largest absolute Gasteiger partial charge is 0.432 e. The number of carbonyl (C=O) groups excluding carboxylic acids is 1. The highest BCUT2D eigenvalue weighted by Crippen LogP contribution is 2.22. The van der Waals surface area contributed by atoms with Crippen molar-refractivity contribution < 1.29 is 9.21 Å². The maximum atomic E-state index is 11.8. The lowest BCUT2D eigenvalue weighted by molar-refractivity contribution is 0.261. The lowest BCUT2D eigenvalue weighted by Crippen LogP contribution is -2.19. The average Bonchev–Trinajstić information content (AvgIpc) is 2.92. The van der Waals surface area contributed by atoms with Crippen molar-refractivity contribution in [2.45, 2.75) is 0 Å². The van der Waals surface area contributed by atoms with Crippen LogP contribution < -0.4 is 10.6 Å². The summed E-state index contributed by atoms with van der Waals surface area (Å²) in [6, 6.07) is 13.3. The van der Waals surface area contributed by atoms with Gasteiger partial charge in [-0.2, -0.15) is 0 Å². The second kappa shape index (κ2) is 4.81. The molecule has 3 rings (SSSR count). The Kier molecular flexibility index (Phi) is 2.86. The van der Waals surface area contributed by atoms with Crippen LogP contribution >= 0.6 is 0 Å². The summed E-state index contributed by atoms with van der Waals surface area (Å²) < 4.78 is 4.95. The second-order valence-electron chi connectivity index (χ2n) is 3.94. The number of carbonyl (C=O) groups is 1. The van der Waals surface area contributed by atoms with E-state index in [1.807, 2.05) is 42.5 Å². The number of oxazole rings is 1. The molecule has 0 bridgehead atoms. The van der Waals surface area contributed by atoms with Gasteiger partial charge in [0.2, 0.25) is 0 Å². The summed E-state index contributed by atoms with van der Waals surface area (Å²) in [6.45, 7) is 0. The van der Waals surface area contributed by atoms with Crippen LogP contribution in [-0.2, 0) is 0 Å². The number of benzene rings is 2. The van der Waals surface area contributed by atoms with Gasteiger partial charge in [-0.15, -0.1) is 0 Å². The first-order valence-corrected chi connectivity index (χ1v) is 5.78. The van der Waals surface area contributed by atoms with E-state index in [1.165, 1.54) is 12.5 Å². The Morgan fingerprint density at radius 3 is 2.74 bits per heavy atom. The smallest absolute Gasteiger partial charge is 0.327 e. The molecule has 0 spiro atoms. The van der Waals surface area contributed by atoms with E-state index in [0.29, 0.717) is 0 Å². The molecule has 5 heteroatoms. The van der Waals surface area contributed by atoms with Gasteiger partial charge in [0.25, 0.3) is 0 Å². The zero-order valence-corrected chi connectivity index (χ0v) is 9.96. The third-order valence-corrected chi connectivity index (χ3v) is 2.69. The van der Waals surface area contributed by atoms with Crippen molar-refractivity contribution >= 4 is 28.5 Å². The number of aromatic nitrogens is 1. The average molecular weight is 253 g/mol. The molecule has 0 atom stereocenters. The number of anilines is 2. The molecule has 3 aromatic rings. The molecule has 19 heavy (non-hydrogen) atoms. The van der Waals surface area contributed by atoms with Gasteiger partial charge in [0.1, 0.15) is 6.26 Å². The number of hydrogen-bond acceptors (Lipinski definition) is 3. The van der Waals surface area contributed by atoms with Crippen molar-refractivity contribution in [3.63, 3.8) is 0 Å². The van der Waals surface area contributed by atoms with Crippen LogP contribution in [0.2, 0.25) is 0 Å². The highest BCUT2D eigenvalue weighted by atomic mass is 16.4. The van der Waals surface area contributed by atoms with Gasteiger partial charge in [-0.1, -0.05) is 36.4 Å². The molecule has 0 saturated carbocycles. The van der Waals surface area contributed by atoms with Gasteiger partial charge in [-0.3, -0.25) is 5.32 Å². The number of amides is 2. The molecular weight excluding hydrogens is 242 g/mol. The van der Waals surface area contributed by atoms with E-state index in [4.69, 9.17) is 4.42 Å². The topological polar surface area (TPSA) is 67.2 Å². The molecule has 0 saturated heterocycles. The Morgan fingerprint density at radius 1 is 1.05 bits per heavy atom. The predicted octanol–water partition coefficient (Wildman–Crippen LogP) is 3.47. The Morgan fingerprint density at radius 2 is 1.89 bits per heavy atom. The molecule has 0 aliphatic heterocycles. The molecular formula is C14H11N3O2. The van der Waals surface area contributed by atoms with Crippen molar-refractivity contribution in [1.82, 2.24) is 4.98 Å². The number of fused-ring (bicyclic) bond motifs is 1. The molecule has 5 nitrogen and oxygen atoms in total. The zero-order chi connectivity index (χ0) is 13.1. The fourth-order valence-corrected chi connectivity index (χ4v) is 1.87. The van der Waals surface area contributed by atoms with Crippen molar-refractivity contribution in [2.75, 3.05) is 10.6 Å².